The molecular formula is C20H17ClFNO4S. The Morgan fingerprint density at radius 3 is 2.54 bits per heavy atom. The number of ether oxygens (including phenoxy) is 2. The molecule has 2 aromatic rings. The molecule has 0 atom stereocenters. The van der Waals surface area contributed by atoms with Gasteiger partial charge < -0.3 is 9.47 Å². The number of rotatable bonds is 6. The van der Waals surface area contributed by atoms with Crippen LogP contribution in [0.3, 0.4) is 0 Å². The number of hydrogen-bond donors (Lipinski definition) is 0. The number of carbonyl (C=O) groups is 2. The Balaban J connectivity index is 1.83. The molecule has 3 rings (SSSR count). The summed E-state index contributed by atoms with van der Waals surface area (Å²) in [5.41, 5.74) is 1.38. The molecule has 1 fully saturated rings. The average Bonchev–Trinajstić information content (AvgIpc) is 2.94. The smallest absolute Gasteiger partial charge is 0.293 e. The molecule has 5 nitrogen and oxygen atoms in total. The molecule has 146 valence electrons. The maximum atomic E-state index is 13.0. The molecule has 2 aromatic carbocycles. The fraction of sp³-hybridized carbons (Fsp3) is 0.200. The van der Waals surface area contributed by atoms with Gasteiger partial charge in [0, 0.05) is 6.54 Å². The first kappa shape index (κ1) is 20.2. The fourth-order valence-electron chi connectivity index (χ4n) is 2.62. The summed E-state index contributed by atoms with van der Waals surface area (Å²) >= 11 is 7.23. The topological polar surface area (TPSA) is 55.8 Å². The van der Waals surface area contributed by atoms with Crippen LogP contribution in [0, 0.1) is 5.82 Å². The standard InChI is InChI=1S/C20H17ClFNO4S/c1-3-23-19(24)17(28-20(23)25)10-13-8-15(21)18(16(9-13)26-2)27-11-12-4-6-14(22)7-5-12/h4-10H,3,11H2,1-2H3. The van der Waals surface area contributed by atoms with Crippen LogP contribution >= 0.6 is 23.4 Å². The van der Waals surface area contributed by atoms with Gasteiger partial charge in [0.25, 0.3) is 11.1 Å². The highest BCUT2D eigenvalue weighted by Crippen LogP contribution is 2.39. The van der Waals surface area contributed by atoms with E-state index in [1.165, 1.54) is 24.1 Å². The normalized spacial score (nSPS) is 15.4. The Bertz CT molecular complexity index is 946. The zero-order valence-electron chi connectivity index (χ0n) is 15.2. The molecule has 0 bridgehead atoms. The Hall–Kier alpha value is -2.51. The Labute approximate surface area is 171 Å². The highest BCUT2D eigenvalue weighted by atomic mass is 35.5. The Kier molecular flexibility index (Phi) is 6.26. The monoisotopic (exact) mass is 421 g/mol. The number of nitrogens with zero attached hydrogens (tertiary/aromatic N) is 1. The molecular weight excluding hydrogens is 405 g/mol. The number of likely N-dealkylation sites (N-methyl/N-ethyl adjacent to an activating group) is 1. The van der Waals surface area contributed by atoms with Gasteiger partial charge in [-0.1, -0.05) is 23.7 Å². The summed E-state index contributed by atoms with van der Waals surface area (Å²) in [6, 6.07) is 9.24. The van der Waals surface area contributed by atoms with Crippen LogP contribution < -0.4 is 9.47 Å². The van der Waals surface area contributed by atoms with E-state index >= 15 is 0 Å². The number of carbonyl (C=O) groups excluding carboxylic acids is 2. The van der Waals surface area contributed by atoms with Gasteiger partial charge in [-0.15, -0.1) is 0 Å². The molecule has 0 aromatic heterocycles. The second-order valence-corrected chi connectivity index (χ2v) is 7.28. The van der Waals surface area contributed by atoms with Gasteiger partial charge in [-0.05, 0) is 60.2 Å². The maximum absolute atomic E-state index is 13.0. The van der Waals surface area contributed by atoms with Gasteiger partial charge in [-0.2, -0.15) is 0 Å². The van der Waals surface area contributed by atoms with Crippen LogP contribution in [0.5, 0.6) is 11.5 Å². The lowest BCUT2D eigenvalue weighted by Crippen LogP contribution is -2.27. The van der Waals surface area contributed by atoms with Crippen LogP contribution in [-0.2, 0) is 11.4 Å². The lowest BCUT2D eigenvalue weighted by molar-refractivity contribution is -0.122. The van der Waals surface area contributed by atoms with Crippen LogP contribution in [-0.4, -0.2) is 29.7 Å². The Morgan fingerprint density at radius 2 is 1.93 bits per heavy atom. The minimum atomic E-state index is -0.329. The maximum Gasteiger partial charge on any atom is 0.293 e. The number of thioether (sulfide) groups is 1. The van der Waals surface area contributed by atoms with E-state index in [4.69, 9.17) is 21.1 Å². The largest absolute Gasteiger partial charge is 0.493 e. The van der Waals surface area contributed by atoms with Gasteiger partial charge in [0.1, 0.15) is 12.4 Å². The molecule has 0 unspecified atom stereocenters. The van der Waals surface area contributed by atoms with Crippen molar-refractivity contribution in [2.75, 3.05) is 13.7 Å². The van der Waals surface area contributed by atoms with Gasteiger partial charge in [-0.3, -0.25) is 14.5 Å². The Morgan fingerprint density at radius 1 is 1.21 bits per heavy atom. The van der Waals surface area contributed by atoms with Crippen LogP contribution in [0.1, 0.15) is 18.1 Å². The molecule has 28 heavy (non-hydrogen) atoms. The highest BCUT2D eigenvalue weighted by molar-refractivity contribution is 8.18. The quantitative estimate of drug-likeness (QED) is 0.606. The van der Waals surface area contributed by atoms with Gasteiger partial charge in [-0.25, -0.2) is 4.39 Å². The molecule has 0 aliphatic carbocycles. The summed E-state index contributed by atoms with van der Waals surface area (Å²) in [4.78, 5) is 25.6. The molecule has 1 heterocycles. The number of imide groups is 1. The minimum Gasteiger partial charge on any atom is -0.493 e. The van der Waals surface area contributed by atoms with Gasteiger partial charge in [0.05, 0.1) is 17.0 Å². The molecule has 1 saturated heterocycles. The third-order valence-electron chi connectivity index (χ3n) is 4.04. The third-order valence-corrected chi connectivity index (χ3v) is 5.22. The first-order valence-electron chi connectivity index (χ1n) is 8.43. The highest BCUT2D eigenvalue weighted by Gasteiger charge is 2.33. The molecule has 1 aliphatic heterocycles. The predicted octanol–water partition coefficient (Wildman–Crippen LogP) is 5.12. The van der Waals surface area contributed by atoms with E-state index in [0.29, 0.717) is 33.5 Å². The van der Waals surface area contributed by atoms with Gasteiger partial charge >= 0.3 is 0 Å². The number of halogens is 2. The number of amides is 2. The summed E-state index contributed by atoms with van der Waals surface area (Å²) < 4.78 is 24.1. The van der Waals surface area contributed by atoms with E-state index < -0.39 is 0 Å². The van der Waals surface area contributed by atoms with E-state index in [0.717, 1.165) is 17.3 Å². The minimum absolute atomic E-state index is 0.186. The summed E-state index contributed by atoms with van der Waals surface area (Å²) in [6.07, 6.45) is 1.60. The molecule has 1 aliphatic rings. The molecule has 8 heteroatoms. The zero-order chi connectivity index (χ0) is 20.3. The van der Waals surface area contributed by atoms with Crippen LogP contribution in [0.15, 0.2) is 41.3 Å². The lowest BCUT2D eigenvalue weighted by Gasteiger charge is -2.13. The first-order chi connectivity index (χ1) is 13.4. The van der Waals surface area contributed by atoms with Crippen LogP contribution in [0.25, 0.3) is 6.08 Å². The third kappa shape index (κ3) is 4.31. The van der Waals surface area contributed by atoms with Crippen LogP contribution in [0.2, 0.25) is 5.02 Å². The van der Waals surface area contributed by atoms with Crippen molar-refractivity contribution in [1.82, 2.24) is 4.90 Å². The average molecular weight is 422 g/mol. The second-order valence-electron chi connectivity index (χ2n) is 5.88. The predicted molar refractivity (Wildman–Crippen MR) is 107 cm³/mol. The van der Waals surface area contributed by atoms with Crippen molar-refractivity contribution >= 4 is 40.6 Å². The van der Waals surface area contributed by atoms with E-state index in [1.807, 2.05) is 0 Å². The second kappa shape index (κ2) is 8.67. The molecule has 2 amide bonds. The molecule has 0 radical (unpaired) electrons. The van der Waals surface area contributed by atoms with Gasteiger partial charge in [0.2, 0.25) is 0 Å². The summed E-state index contributed by atoms with van der Waals surface area (Å²) in [5.74, 6) is 0.0725. The van der Waals surface area contributed by atoms with E-state index in [1.54, 1.807) is 37.3 Å². The lowest BCUT2D eigenvalue weighted by atomic mass is 10.1. The number of methoxy groups -OCH3 is 1. The summed E-state index contributed by atoms with van der Waals surface area (Å²) in [7, 11) is 1.48. The number of benzene rings is 2. The number of hydrogen-bond acceptors (Lipinski definition) is 5. The van der Waals surface area contributed by atoms with Crippen molar-refractivity contribution in [3.8, 4) is 11.5 Å². The van der Waals surface area contributed by atoms with Gasteiger partial charge in [0.15, 0.2) is 11.5 Å². The molecule has 0 saturated carbocycles. The van der Waals surface area contributed by atoms with Crippen molar-refractivity contribution in [2.24, 2.45) is 0 Å². The van der Waals surface area contributed by atoms with Crippen molar-refractivity contribution in [3.05, 3.63) is 63.3 Å². The SMILES string of the molecule is CCN1C(=O)SC(=Cc2cc(Cl)c(OCc3ccc(F)cc3)c(OC)c2)C1=O. The van der Waals surface area contributed by atoms with E-state index in [9.17, 15) is 14.0 Å². The van der Waals surface area contributed by atoms with E-state index in [-0.39, 0.29) is 23.6 Å². The molecule has 0 spiro atoms. The van der Waals surface area contributed by atoms with Crippen molar-refractivity contribution in [2.45, 2.75) is 13.5 Å². The van der Waals surface area contributed by atoms with Crippen molar-refractivity contribution in [1.29, 1.82) is 0 Å². The molecule has 0 N–H and O–H groups in total. The fourth-order valence-corrected chi connectivity index (χ4v) is 3.80. The van der Waals surface area contributed by atoms with E-state index in [2.05, 4.69) is 0 Å². The van der Waals surface area contributed by atoms with Crippen LogP contribution in [0.4, 0.5) is 9.18 Å². The van der Waals surface area contributed by atoms with Crippen molar-refractivity contribution in [3.63, 3.8) is 0 Å². The van der Waals surface area contributed by atoms with Crippen molar-refractivity contribution < 1.29 is 23.5 Å². The summed E-state index contributed by atoms with van der Waals surface area (Å²) in [5, 5.41) is -0.00139. The zero-order valence-corrected chi connectivity index (χ0v) is 16.8. The summed E-state index contributed by atoms with van der Waals surface area (Å²) in [6.45, 7) is 2.25. The first-order valence-corrected chi connectivity index (χ1v) is 9.62.